The molecule has 1 saturated heterocycles. The predicted octanol–water partition coefficient (Wildman–Crippen LogP) is 5.33. The van der Waals surface area contributed by atoms with E-state index in [1.54, 1.807) is 11.3 Å². The molecule has 6 heteroatoms. The van der Waals surface area contributed by atoms with Crippen LogP contribution in [0.4, 0.5) is 5.82 Å². The van der Waals surface area contributed by atoms with E-state index in [9.17, 15) is 0 Å². The lowest BCUT2D eigenvalue weighted by molar-refractivity contribution is 0.249. The molecule has 2 aromatic carbocycles. The Labute approximate surface area is 179 Å². The van der Waals surface area contributed by atoms with E-state index in [0.29, 0.717) is 0 Å². The molecule has 0 spiro atoms. The molecule has 1 fully saturated rings. The molecule has 0 amide bonds. The molecule has 146 valence electrons. The summed E-state index contributed by atoms with van der Waals surface area (Å²) in [6.07, 6.45) is 0. The van der Waals surface area contributed by atoms with E-state index in [2.05, 4.69) is 51.6 Å². The molecule has 3 heterocycles. The molecule has 29 heavy (non-hydrogen) atoms. The first kappa shape index (κ1) is 18.6. The van der Waals surface area contributed by atoms with E-state index in [0.717, 1.165) is 65.2 Å². The Hall–Kier alpha value is -2.47. The smallest absolute Gasteiger partial charge is 0.172 e. The molecule has 0 unspecified atom stereocenters. The van der Waals surface area contributed by atoms with Crippen molar-refractivity contribution in [3.63, 3.8) is 0 Å². The van der Waals surface area contributed by atoms with Crippen LogP contribution in [0.1, 0.15) is 5.56 Å². The molecule has 0 radical (unpaired) electrons. The quantitative estimate of drug-likeness (QED) is 0.446. The molecule has 0 saturated carbocycles. The van der Waals surface area contributed by atoms with Gasteiger partial charge in [-0.15, -0.1) is 11.3 Å². The number of benzene rings is 2. The second-order valence-electron chi connectivity index (χ2n) is 7.25. The third kappa shape index (κ3) is 3.99. The highest BCUT2D eigenvalue weighted by Crippen LogP contribution is 2.30. The lowest BCUT2D eigenvalue weighted by Crippen LogP contribution is -2.46. The zero-order valence-electron chi connectivity index (χ0n) is 16.0. The van der Waals surface area contributed by atoms with E-state index in [1.807, 2.05) is 24.3 Å². The van der Waals surface area contributed by atoms with Crippen molar-refractivity contribution < 1.29 is 0 Å². The Morgan fingerprint density at radius 3 is 2.41 bits per heavy atom. The third-order valence-corrected chi connectivity index (χ3v) is 6.43. The summed E-state index contributed by atoms with van der Waals surface area (Å²) in [5.74, 6) is 1.86. The highest BCUT2D eigenvalue weighted by atomic mass is 35.5. The number of nitrogens with zero attached hydrogens (tertiary/aromatic N) is 4. The Balaban J connectivity index is 1.38. The van der Waals surface area contributed by atoms with E-state index in [1.165, 1.54) is 5.56 Å². The van der Waals surface area contributed by atoms with Crippen LogP contribution in [-0.2, 0) is 6.54 Å². The van der Waals surface area contributed by atoms with Crippen molar-refractivity contribution in [3.8, 4) is 10.7 Å². The maximum absolute atomic E-state index is 6.01. The van der Waals surface area contributed by atoms with Crippen molar-refractivity contribution in [2.24, 2.45) is 0 Å². The van der Waals surface area contributed by atoms with Crippen LogP contribution in [0.25, 0.3) is 21.6 Å². The summed E-state index contributed by atoms with van der Waals surface area (Å²) in [7, 11) is 0. The SMILES string of the molecule is Clc1ccc(CN2CCN(c3nc(-c4cccs4)nc4ccccc34)CC2)cc1. The minimum Gasteiger partial charge on any atom is -0.353 e. The molecule has 0 atom stereocenters. The van der Waals surface area contributed by atoms with Crippen molar-refractivity contribution in [2.45, 2.75) is 6.54 Å². The van der Waals surface area contributed by atoms with E-state index < -0.39 is 0 Å². The number of hydrogen-bond donors (Lipinski definition) is 0. The summed E-state index contributed by atoms with van der Waals surface area (Å²) >= 11 is 7.69. The number of thiophene rings is 1. The number of hydrogen-bond acceptors (Lipinski definition) is 5. The standard InChI is InChI=1S/C23H21ClN4S/c24-18-9-7-17(8-10-18)16-27-11-13-28(14-12-27)23-19-4-1-2-5-20(19)25-22(26-23)21-6-3-15-29-21/h1-10,15H,11-14,16H2. The van der Waals surface area contributed by atoms with Gasteiger partial charge in [-0.05, 0) is 41.3 Å². The number of halogens is 1. The summed E-state index contributed by atoms with van der Waals surface area (Å²) in [6, 6.07) is 20.6. The van der Waals surface area contributed by atoms with Crippen molar-refractivity contribution >= 4 is 39.7 Å². The fraction of sp³-hybridized carbons (Fsp3) is 0.217. The minimum atomic E-state index is 0.788. The lowest BCUT2D eigenvalue weighted by atomic mass is 10.1. The third-order valence-electron chi connectivity index (χ3n) is 5.32. The largest absolute Gasteiger partial charge is 0.353 e. The van der Waals surface area contributed by atoms with Gasteiger partial charge in [0.05, 0.1) is 10.4 Å². The molecule has 5 rings (SSSR count). The van der Waals surface area contributed by atoms with Gasteiger partial charge in [-0.3, -0.25) is 4.90 Å². The van der Waals surface area contributed by atoms with Crippen LogP contribution in [0.2, 0.25) is 5.02 Å². The molecule has 4 aromatic rings. The van der Waals surface area contributed by atoms with Crippen LogP contribution in [0.3, 0.4) is 0 Å². The minimum absolute atomic E-state index is 0.788. The van der Waals surface area contributed by atoms with Crippen LogP contribution in [-0.4, -0.2) is 41.0 Å². The number of piperazine rings is 1. The number of anilines is 1. The first-order valence-electron chi connectivity index (χ1n) is 9.79. The normalized spacial score (nSPS) is 15.1. The van der Waals surface area contributed by atoms with Crippen molar-refractivity contribution in [1.82, 2.24) is 14.9 Å². The van der Waals surface area contributed by atoms with Gasteiger partial charge < -0.3 is 4.90 Å². The zero-order chi connectivity index (χ0) is 19.6. The van der Waals surface area contributed by atoms with Crippen LogP contribution in [0.5, 0.6) is 0 Å². The fourth-order valence-electron chi connectivity index (χ4n) is 3.78. The average molecular weight is 421 g/mol. The van der Waals surface area contributed by atoms with Crippen LogP contribution in [0.15, 0.2) is 66.0 Å². The topological polar surface area (TPSA) is 32.3 Å². The molecule has 2 aromatic heterocycles. The first-order chi connectivity index (χ1) is 14.3. The van der Waals surface area contributed by atoms with Gasteiger partial charge in [0, 0.05) is 43.1 Å². The Morgan fingerprint density at radius 1 is 0.862 bits per heavy atom. The number of rotatable bonds is 4. The molecule has 1 aliphatic rings. The van der Waals surface area contributed by atoms with E-state index in [-0.39, 0.29) is 0 Å². The second-order valence-corrected chi connectivity index (χ2v) is 8.64. The molecular formula is C23H21ClN4S. The zero-order valence-corrected chi connectivity index (χ0v) is 17.5. The maximum atomic E-state index is 6.01. The van der Waals surface area contributed by atoms with Crippen molar-refractivity contribution in [3.05, 3.63) is 76.6 Å². The number of aromatic nitrogens is 2. The molecule has 4 nitrogen and oxygen atoms in total. The summed E-state index contributed by atoms with van der Waals surface area (Å²) < 4.78 is 0. The Bertz CT molecular complexity index is 1100. The fourth-order valence-corrected chi connectivity index (χ4v) is 4.57. The van der Waals surface area contributed by atoms with Gasteiger partial charge in [0.1, 0.15) is 5.82 Å². The second kappa shape index (κ2) is 8.11. The van der Waals surface area contributed by atoms with E-state index in [4.69, 9.17) is 21.6 Å². The monoisotopic (exact) mass is 420 g/mol. The van der Waals surface area contributed by atoms with Gasteiger partial charge in [-0.2, -0.15) is 0 Å². The van der Waals surface area contributed by atoms with Crippen LogP contribution < -0.4 is 4.90 Å². The predicted molar refractivity (Wildman–Crippen MR) is 122 cm³/mol. The van der Waals surface area contributed by atoms with Crippen LogP contribution in [0, 0.1) is 0 Å². The van der Waals surface area contributed by atoms with Crippen LogP contribution >= 0.6 is 22.9 Å². The van der Waals surface area contributed by atoms with Gasteiger partial charge in [-0.1, -0.05) is 41.9 Å². The Kier molecular flexibility index (Phi) is 5.19. The first-order valence-corrected chi connectivity index (χ1v) is 11.0. The van der Waals surface area contributed by atoms with Gasteiger partial charge in [0.2, 0.25) is 0 Å². The Morgan fingerprint density at radius 2 is 1.66 bits per heavy atom. The maximum Gasteiger partial charge on any atom is 0.172 e. The van der Waals surface area contributed by atoms with Gasteiger partial charge in [-0.25, -0.2) is 9.97 Å². The summed E-state index contributed by atoms with van der Waals surface area (Å²) in [4.78, 5) is 15.8. The van der Waals surface area contributed by atoms with Gasteiger partial charge in [0.25, 0.3) is 0 Å². The average Bonchev–Trinajstić information content (AvgIpc) is 3.30. The number of para-hydroxylation sites is 1. The summed E-state index contributed by atoms with van der Waals surface area (Å²) in [5.41, 5.74) is 2.31. The molecular weight excluding hydrogens is 400 g/mol. The van der Waals surface area contributed by atoms with Crippen molar-refractivity contribution in [1.29, 1.82) is 0 Å². The lowest BCUT2D eigenvalue weighted by Gasteiger charge is -2.36. The van der Waals surface area contributed by atoms with Gasteiger partial charge >= 0.3 is 0 Å². The highest BCUT2D eigenvalue weighted by molar-refractivity contribution is 7.13. The van der Waals surface area contributed by atoms with Gasteiger partial charge in [0.15, 0.2) is 5.82 Å². The molecule has 0 bridgehead atoms. The number of fused-ring (bicyclic) bond motifs is 1. The highest BCUT2D eigenvalue weighted by Gasteiger charge is 2.21. The summed E-state index contributed by atoms with van der Waals surface area (Å²) in [5, 5.41) is 3.98. The molecule has 0 aliphatic carbocycles. The molecule has 1 aliphatic heterocycles. The summed E-state index contributed by atoms with van der Waals surface area (Å²) in [6.45, 7) is 4.89. The molecule has 0 N–H and O–H groups in total. The van der Waals surface area contributed by atoms with E-state index >= 15 is 0 Å². The van der Waals surface area contributed by atoms with Crippen molar-refractivity contribution in [2.75, 3.05) is 31.1 Å².